The molecule has 20 heavy (non-hydrogen) atoms. The van der Waals surface area contributed by atoms with E-state index in [2.05, 4.69) is 6.92 Å². The molecule has 0 saturated heterocycles. The second-order valence-corrected chi connectivity index (χ2v) is 5.03. The van der Waals surface area contributed by atoms with Crippen molar-refractivity contribution in [3.8, 4) is 5.75 Å². The fourth-order valence-corrected chi connectivity index (χ4v) is 2.03. The van der Waals surface area contributed by atoms with E-state index >= 15 is 0 Å². The molecule has 0 heterocycles. The fourth-order valence-electron chi connectivity index (χ4n) is 2.03. The lowest BCUT2D eigenvalue weighted by Gasteiger charge is -2.09. The molecule has 0 unspecified atom stereocenters. The minimum Gasteiger partial charge on any atom is -0.491 e. The van der Waals surface area contributed by atoms with E-state index in [4.69, 9.17) is 14.8 Å². The van der Waals surface area contributed by atoms with Crippen molar-refractivity contribution >= 4 is 12.6 Å². The van der Waals surface area contributed by atoms with Gasteiger partial charge >= 0.3 is 7.12 Å². The summed E-state index contributed by atoms with van der Waals surface area (Å²) in [6, 6.07) is 3.86. The average Bonchev–Trinajstić information content (AvgIpc) is 2.43. The van der Waals surface area contributed by atoms with Crippen LogP contribution in [-0.2, 0) is 0 Å². The SMILES string of the molecule is CCCCCCCCCOc1cc(B(O)O)ccc1F. The highest BCUT2D eigenvalue weighted by Gasteiger charge is 2.14. The third kappa shape index (κ3) is 6.39. The molecule has 0 fully saturated rings. The number of benzene rings is 1. The van der Waals surface area contributed by atoms with E-state index < -0.39 is 12.9 Å². The minimum atomic E-state index is -1.60. The summed E-state index contributed by atoms with van der Waals surface area (Å²) in [6.45, 7) is 2.65. The maximum absolute atomic E-state index is 13.5. The molecule has 2 N–H and O–H groups in total. The second-order valence-electron chi connectivity index (χ2n) is 5.03. The van der Waals surface area contributed by atoms with Gasteiger partial charge in [0.25, 0.3) is 0 Å². The van der Waals surface area contributed by atoms with Gasteiger partial charge in [0.1, 0.15) is 0 Å². The van der Waals surface area contributed by atoms with E-state index in [1.807, 2.05) is 0 Å². The standard InChI is InChI=1S/C15H24BFO3/c1-2-3-4-5-6-7-8-11-20-15-12-13(16(18)19)9-10-14(15)17/h9-10,12,18-19H,2-8,11H2,1H3. The first-order valence-corrected chi connectivity index (χ1v) is 7.43. The van der Waals surface area contributed by atoms with Gasteiger partial charge in [-0.1, -0.05) is 51.5 Å². The Bertz CT molecular complexity index is 385. The largest absolute Gasteiger partial charge is 0.491 e. The first-order valence-electron chi connectivity index (χ1n) is 7.43. The zero-order valence-electron chi connectivity index (χ0n) is 12.1. The number of rotatable bonds is 10. The lowest BCUT2D eigenvalue weighted by atomic mass is 9.80. The molecule has 0 spiro atoms. The second kappa shape index (κ2) is 9.78. The van der Waals surface area contributed by atoms with Crippen LogP contribution in [-0.4, -0.2) is 23.8 Å². The molecule has 0 aliphatic heterocycles. The maximum Gasteiger partial charge on any atom is 0.488 e. The van der Waals surface area contributed by atoms with Gasteiger partial charge in [0.05, 0.1) is 6.61 Å². The van der Waals surface area contributed by atoms with Crippen molar-refractivity contribution in [1.29, 1.82) is 0 Å². The molecule has 0 amide bonds. The minimum absolute atomic E-state index is 0.0848. The Labute approximate surface area is 120 Å². The van der Waals surface area contributed by atoms with E-state index in [0.29, 0.717) is 6.61 Å². The van der Waals surface area contributed by atoms with Crippen LogP contribution < -0.4 is 10.2 Å². The van der Waals surface area contributed by atoms with Gasteiger partial charge in [0.2, 0.25) is 0 Å². The highest BCUT2D eigenvalue weighted by atomic mass is 19.1. The molecule has 5 heteroatoms. The lowest BCUT2D eigenvalue weighted by molar-refractivity contribution is 0.290. The van der Waals surface area contributed by atoms with Gasteiger partial charge in [-0.15, -0.1) is 0 Å². The van der Waals surface area contributed by atoms with Crippen LogP contribution in [0.15, 0.2) is 18.2 Å². The maximum atomic E-state index is 13.5. The van der Waals surface area contributed by atoms with Crippen LogP contribution in [0.25, 0.3) is 0 Å². The van der Waals surface area contributed by atoms with Gasteiger partial charge in [0.15, 0.2) is 11.6 Å². The van der Waals surface area contributed by atoms with Crippen molar-refractivity contribution < 1.29 is 19.2 Å². The molecule has 0 aromatic heterocycles. The molecule has 0 radical (unpaired) electrons. The topological polar surface area (TPSA) is 49.7 Å². The quantitative estimate of drug-likeness (QED) is 0.512. The van der Waals surface area contributed by atoms with Crippen LogP contribution in [0.1, 0.15) is 51.9 Å². The van der Waals surface area contributed by atoms with Crippen molar-refractivity contribution in [3.05, 3.63) is 24.0 Å². The van der Waals surface area contributed by atoms with Gasteiger partial charge in [-0.2, -0.15) is 0 Å². The molecule has 1 aromatic rings. The van der Waals surface area contributed by atoms with Crippen LogP contribution in [0.4, 0.5) is 4.39 Å². The molecule has 0 aliphatic carbocycles. The number of halogens is 1. The van der Waals surface area contributed by atoms with E-state index in [0.717, 1.165) is 12.8 Å². The molecule has 0 bridgehead atoms. The zero-order valence-corrected chi connectivity index (χ0v) is 12.1. The Morgan fingerprint density at radius 2 is 1.70 bits per heavy atom. The monoisotopic (exact) mass is 282 g/mol. The summed E-state index contributed by atoms with van der Waals surface area (Å²) in [5.74, 6) is -0.390. The predicted octanol–water partition coefficient (Wildman–Crippen LogP) is 2.63. The normalized spacial score (nSPS) is 10.6. The molecule has 112 valence electrons. The summed E-state index contributed by atoms with van der Waals surface area (Å²) >= 11 is 0. The molecule has 0 aliphatic rings. The Hall–Kier alpha value is -1.07. The smallest absolute Gasteiger partial charge is 0.488 e. The zero-order chi connectivity index (χ0) is 14.8. The van der Waals surface area contributed by atoms with Crippen molar-refractivity contribution in [2.45, 2.75) is 51.9 Å². The Balaban J connectivity index is 2.23. The molecule has 0 saturated carbocycles. The van der Waals surface area contributed by atoms with E-state index in [1.54, 1.807) is 0 Å². The summed E-state index contributed by atoms with van der Waals surface area (Å²) in [5.41, 5.74) is 0.237. The highest BCUT2D eigenvalue weighted by molar-refractivity contribution is 6.58. The van der Waals surface area contributed by atoms with Gasteiger partial charge in [0, 0.05) is 0 Å². The Morgan fingerprint density at radius 3 is 2.35 bits per heavy atom. The average molecular weight is 282 g/mol. The number of hydrogen-bond acceptors (Lipinski definition) is 3. The van der Waals surface area contributed by atoms with Crippen LogP contribution in [0, 0.1) is 5.82 Å². The van der Waals surface area contributed by atoms with Gasteiger partial charge < -0.3 is 14.8 Å². The molecule has 1 rings (SSSR count). The first-order chi connectivity index (χ1) is 9.65. The van der Waals surface area contributed by atoms with E-state index in [9.17, 15) is 4.39 Å². The number of unbranched alkanes of at least 4 members (excludes halogenated alkanes) is 6. The summed E-state index contributed by atoms with van der Waals surface area (Å²) in [4.78, 5) is 0. The van der Waals surface area contributed by atoms with Crippen molar-refractivity contribution in [2.75, 3.05) is 6.61 Å². The van der Waals surface area contributed by atoms with Gasteiger partial charge in [-0.3, -0.25) is 0 Å². The first kappa shape index (κ1) is 17.0. The Morgan fingerprint density at radius 1 is 1.05 bits per heavy atom. The van der Waals surface area contributed by atoms with Gasteiger partial charge in [-0.05, 0) is 24.0 Å². The molecular weight excluding hydrogens is 258 g/mol. The van der Waals surface area contributed by atoms with Crippen molar-refractivity contribution in [2.24, 2.45) is 0 Å². The summed E-state index contributed by atoms with van der Waals surface area (Å²) in [7, 11) is -1.60. The van der Waals surface area contributed by atoms with Crippen LogP contribution in [0.5, 0.6) is 5.75 Å². The van der Waals surface area contributed by atoms with Crippen molar-refractivity contribution in [1.82, 2.24) is 0 Å². The van der Waals surface area contributed by atoms with Crippen molar-refractivity contribution in [3.63, 3.8) is 0 Å². The number of ether oxygens (including phenoxy) is 1. The summed E-state index contributed by atoms with van der Waals surface area (Å²) in [5, 5.41) is 18.1. The van der Waals surface area contributed by atoms with Gasteiger partial charge in [-0.25, -0.2) is 4.39 Å². The van der Waals surface area contributed by atoms with E-state index in [-0.39, 0.29) is 11.2 Å². The third-order valence-electron chi connectivity index (χ3n) is 3.26. The molecule has 1 aromatic carbocycles. The number of hydrogen-bond donors (Lipinski definition) is 2. The van der Waals surface area contributed by atoms with E-state index in [1.165, 1.54) is 50.3 Å². The molecule has 0 atom stereocenters. The molecular formula is C15H24BFO3. The van der Waals surface area contributed by atoms with Crippen LogP contribution in [0.3, 0.4) is 0 Å². The summed E-state index contributed by atoms with van der Waals surface area (Å²) < 4.78 is 18.8. The third-order valence-corrected chi connectivity index (χ3v) is 3.26. The molecule has 3 nitrogen and oxygen atoms in total. The lowest BCUT2D eigenvalue weighted by Crippen LogP contribution is -2.29. The highest BCUT2D eigenvalue weighted by Crippen LogP contribution is 2.15. The van der Waals surface area contributed by atoms with Crippen LogP contribution >= 0.6 is 0 Å². The predicted molar refractivity (Wildman–Crippen MR) is 79.7 cm³/mol. The summed E-state index contributed by atoms with van der Waals surface area (Å²) in [6.07, 6.45) is 8.20. The Kier molecular flexibility index (Phi) is 8.31. The fraction of sp³-hybridized carbons (Fsp3) is 0.600. The van der Waals surface area contributed by atoms with Crippen LogP contribution in [0.2, 0.25) is 0 Å².